The molecule has 0 saturated carbocycles. The van der Waals surface area contributed by atoms with E-state index in [1.807, 2.05) is 24.5 Å². The number of carbonyl (C=O) groups is 1. The van der Waals surface area contributed by atoms with Gasteiger partial charge in [-0.15, -0.1) is 0 Å². The third-order valence-electron chi connectivity index (χ3n) is 2.64. The molecule has 0 aliphatic carbocycles. The SMILES string of the molecule is COCc1c(Br)cccc1NC(=O)[C@@H](N)CCSC. The number of ether oxygens (including phenoxy) is 1. The van der Waals surface area contributed by atoms with Gasteiger partial charge in [0.15, 0.2) is 0 Å². The molecule has 0 heterocycles. The normalized spacial score (nSPS) is 12.2. The van der Waals surface area contributed by atoms with Crippen molar-refractivity contribution >= 4 is 39.3 Å². The van der Waals surface area contributed by atoms with Gasteiger partial charge < -0.3 is 15.8 Å². The van der Waals surface area contributed by atoms with Gasteiger partial charge in [-0.3, -0.25) is 4.79 Å². The van der Waals surface area contributed by atoms with E-state index < -0.39 is 6.04 Å². The number of nitrogens with one attached hydrogen (secondary N) is 1. The van der Waals surface area contributed by atoms with Crippen molar-refractivity contribution in [2.45, 2.75) is 19.1 Å². The number of hydrogen-bond donors (Lipinski definition) is 2. The summed E-state index contributed by atoms with van der Waals surface area (Å²) in [5.41, 5.74) is 7.49. The third kappa shape index (κ3) is 5.14. The van der Waals surface area contributed by atoms with Gasteiger partial charge in [-0.25, -0.2) is 0 Å². The van der Waals surface area contributed by atoms with E-state index in [0.717, 1.165) is 21.5 Å². The number of methoxy groups -OCH3 is 1. The first kappa shape index (κ1) is 16.5. The molecule has 0 bridgehead atoms. The molecule has 3 N–H and O–H groups in total. The zero-order valence-electron chi connectivity index (χ0n) is 11.1. The van der Waals surface area contributed by atoms with Crippen LogP contribution < -0.4 is 11.1 Å². The van der Waals surface area contributed by atoms with Gasteiger partial charge in [0.1, 0.15) is 0 Å². The maximum absolute atomic E-state index is 12.0. The molecule has 0 unspecified atom stereocenters. The minimum Gasteiger partial charge on any atom is -0.380 e. The molecule has 106 valence electrons. The highest BCUT2D eigenvalue weighted by atomic mass is 79.9. The smallest absolute Gasteiger partial charge is 0.241 e. The van der Waals surface area contributed by atoms with Crippen molar-refractivity contribution in [1.29, 1.82) is 0 Å². The van der Waals surface area contributed by atoms with Gasteiger partial charge in [-0.1, -0.05) is 22.0 Å². The molecule has 0 saturated heterocycles. The highest BCUT2D eigenvalue weighted by Gasteiger charge is 2.15. The molecule has 0 radical (unpaired) electrons. The first-order valence-corrected chi connectivity index (χ1v) is 8.10. The summed E-state index contributed by atoms with van der Waals surface area (Å²) in [6, 6.07) is 5.14. The predicted octanol–water partition coefficient (Wildman–Crippen LogP) is 2.61. The molecule has 0 spiro atoms. The lowest BCUT2D eigenvalue weighted by Crippen LogP contribution is -2.36. The molecule has 1 amide bonds. The van der Waals surface area contributed by atoms with Crippen LogP contribution in [0.5, 0.6) is 0 Å². The molecule has 6 heteroatoms. The van der Waals surface area contributed by atoms with Crippen molar-refractivity contribution in [1.82, 2.24) is 0 Å². The lowest BCUT2D eigenvalue weighted by atomic mass is 10.1. The Morgan fingerprint density at radius 3 is 2.95 bits per heavy atom. The summed E-state index contributed by atoms with van der Waals surface area (Å²) in [7, 11) is 1.62. The van der Waals surface area contributed by atoms with Crippen LogP contribution in [-0.2, 0) is 16.1 Å². The second-order valence-electron chi connectivity index (χ2n) is 4.08. The number of nitrogens with two attached hydrogens (primary N) is 1. The Morgan fingerprint density at radius 2 is 2.32 bits per heavy atom. The number of anilines is 1. The minimum absolute atomic E-state index is 0.162. The summed E-state index contributed by atoms with van der Waals surface area (Å²) in [6.45, 7) is 0.428. The lowest BCUT2D eigenvalue weighted by Gasteiger charge is -2.15. The summed E-state index contributed by atoms with van der Waals surface area (Å²) >= 11 is 5.13. The fraction of sp³-hybridized carbons (Fsp3) is 0.462. The van der Waals surface area contributed by atoms with Crippen molar-refractivity contribution in [3.8, 4) is 0 Å². The highest BCUT2D eigenvalue weighted by molar-refractivity contribution is 9.10. The molecule has 0 aromatic heterocycles. The van der Waals surface area contributed by atoms with Gasteiger partial charge in [-0.2, -0.15) is 11.8 Å². The molecule has 0 aliphatic rings. The molecule has 1 aromatic rings. The van der Waals surface area contributed by atoms with Gasteiger partial charge in [0.2, 0.25) is 5.91 Å². The molecule has 0 aliphatic heterocycles. The fourth-order valence-electron chi connectivity index (χ4n) is 1.57. The van der Waals surface area contributed by atoms with Crippen LogP contribution in [0.4, 0.5) is 5.69 Å². The Morgan fingerprint density at radius 1 is 1.58 bits per heavy atom. The average molecular weight is 347 g/mol. The number of halogens is 1. The Labute approximate surface area is 126 Å². The van der Waals surface area contributed by atoms with Gasteiger partial charge >= 0.3 is 0 Å². The first-order chi connectivity index (χ1) is 9.10. The van der Waals surface area contributed by atoms with Crippen molar-refractivity contribution in [3.63, 3.8) is 0 Å². The standard InChI is InChI=1S/C13H19BrN2O2S/c1-18-8-9-10(14)4-3-5-12(9)16-13(17)11(15)6-7-19-2/h3-5,11H,6-8,15H2,1-2H3,(H,16,17)/t11-/m0/s1. The van der Waals surface area contributed by atoms with E-state index in [-0.39, 0.29) is 5.91 Å². The van der Waals surface area contributed by atoms with Crippen LogP contribution in [0.15, 0.2) is 22.7 Å². The van der Waals surface area contributed by atoms with Crippen LogP contribution in [-0.4, -0.2) is 31.1 Å². The molecular formula is C13H19BrN2O2S. The molecular weight excluding hydrogens is 328 g/mol. The quantitative estimate of drug-likeness (QED) is 0.796. The van der Waals surface area contributed by atoms with Crippen LogP contribution in [0.25, 0.3) is 0 Å². The number of rotatable bonds is 7. The maximum Gasteiger partial charge on any atom is 0.241 e. The molecule has 1 rings (SSSR count). The number of hydrogen-bond acceptors (Lipinski definition) is 4. The van der Waals surface area contributed by atoms with E-state index in [9.17, 15) is 4.79 Å². The van der Waals surface area contributed by atoms with Crippen molar-refractivity contribution in [2.75, 3.05) is 24.4 Å². The fourth-order valence-corrected chi connectivity index (χ4v) is 2.54. The Bertz CT molecular complexity index is 429. The summed E-state index contributed by atoms with van der Waals surface area (Å²) in [4.78, 5) is 12.0. The largest absolute Gasteiger partial charge is 0.380 e. The zero-order valence-corrected chi connectivity index (χ0v) is 13.5. The van der Waals surface area contributed by atoms with Crippen LogP contribution in [0, 0.1) is 0 Å². The predicted molar refractivity (Wildman–Crippen MR) is 84.5 cm³/mol. The van der Waals surface area contributed by atoms with E-state index >= 15 is 0 Å². The van der Waals surface area contributed by atoms with Crippen LogP contribution in [0.3, 0.4) is 0 Å². The van der Waals surface area contributed by atoms with Crippen LogP contribution in [0.1, 0.15) is 12.0 Å². The van der Waals surface area contributed by atoms with E-state index in [4.69, 9.17) is 10.5 Å². The third-order valence-corrected chi connectivity index (χ3v) is 4.02. The van der Waals surface area contributed by atoms with E-state index in [1.54, 1.807) is 18.9 Å². The monoisotopic (exact) mass is 346 g/mol. The molecule has 0 fully saturated rings. The van der Waals surface area contributed by atoms with Gasteiger partial charge in [0, 0.05) is 22.8 Å². The van der Waals surface area contributed by atoms with Crippen molar-refractivity contribution in [3.05, 3.63) is 28.2 Å². The first-order valence-electron chi connectivity index (χ1n) is 5.91. The van der Waals surface area contributed by atoms with E-state index in [2.05, 4.69) is 21.2 Å². The highest BCUT2D eigenvalue weighted by Crippen LogP contribution is 2.25. The van der Waals surface area contributed by atoms with E-state index in [0.29, 0.717) is 13.0 Å². The average Bonchev–Trinajstić information content (AvgIpc) is 2.39. The Hall–Kier alpha value is -0.560. The molecule has 19 heavy (non-hydrogen) atoms. The number of thioether (sulfide) groups is 1. The number of benzene rings is 1. The van der Waals surface area contributed by atoms with Crippen LogP contribution in [0.2, 0.25) is 0 Å². The lowest BCUT2D eigenvalue weighted by molar-refractivity contribution is -0.117. The van der Waals surface area contributed by atoms with Crippen molar-refractivity contribution < 1.29 is 9.53 Å². The second-order valence-corrected chi connectivity index (χ2v) is 5.92. The molecule has 1 aromatic carbocycles. The Balaban J connectivity index is 2.75. The topological polar surface area (TPSA) is 64.3 Å². The summed E-state index contributed by atoms with van der Waals surface area (Å²) in [5, 5.41) is 2.86. The van der Waals surface area contributed by atoms with Gasteiger partial charge in [0.25, 0.3) is 0 Å². The van der Waals surface area contributed by atoms with Gasteiger partial charge in [0.05, 0.1) is 12.6 Å². The summed E-state index contributed by atoms with van der Waals surface area (Å²) in [5.74, 6) is 0.711. The second kappa shape index (κ2) is 8.58. The van der Waals surface area contributed by atoms with Crippen LogP contribution >= 0.6 is 27.7 Å². The maximum atomic E-state index is 12.0. The summed E-state index contributed by atoms with van der Waals surface area (Å²) < 4.78 is 6.05. The number of amides is 1. The molecule has 1 atom stereocenters. The molecule has 4 nitrogen and oxygen atoms in total. The van der Waals surface area contributed by atoms with E-state index in [1.165, 1.54) is 0 Å². The number of carbonyl (C=O) groups excluding carboxylic acids is 1. The Kier molecular flexibility index (Phi) is 7.45. The summed E-state index contributed by atoms with van der Waals surface area (Å²) in [6.07, 6.45) is 2.66. The minimum atomic E-state index is -0.484. The van der Waals surface area contributed by atoms with Gasteiger partial charge in [-0.05, 0) is 30.6 Å². The zero-order chi connectivity index (χ0) is 14.3. The van der Waals surface area contributed by atoms with Crippen molar-refractivity contribution in [2.24, 2.45) is 5.73 Å².